The van der Waals surface area contributed by atoms with Crippen molar-refractivity contribution in [3.63, 3.8) is 0 Å². The van der Waals surface area contributed by atoms with Gasteiger partial charge in [0.1, 0.15) is 0 Å². The molecule has 0 saturated carbocycles. The van der Waals surface area contributed by atoms with Gasteiger partial charge >= 0.3 is 6.09 Å². The maximum atomic E-state index is 13.9. The largest absolute Gasteiger partial charge is 0.413 e. The summed E-state index contributed by atoms with van der Waals surface area (Å²) in [7, 11) is -2.41. The molecule has 0 aliphatic carbocycles. The number of carbonyl (C=O) groups excluding carboxylic acids is 1. The lowest BCUT2D eigenvalue weighted by Crippen LogP contribution is -2.34. The summed E-state index contributed by atoms with van der Waals surface area (Å²) in [6, 6.07) is 21.6. The van der Waals surface area contributed by atoms with Crippen LogP contribution in [0.1, 0.15) is 33.3 Å². The quantitative estimate of drug-likeness (QED) is 0.230. The number of aliphatic hydroxyl groups is 1. The smallest absolute Gasteiger partial charge is 0.393 e. The van der Waals surface area contributed by atoms with Crippen LogP contribution in [0.5, 0.6) is 5.88 Å². The number of nitrogens with zero attached hydrogens (tertiary/aromatic N) is 1. The number of amides is 1. The van der Waals surface area contributed by atoms with Crippen molar-refractivity contribution in [2.75, 3.05) is 31.1 Å². The number of aromatic nitrogens is 1. The van der Waals surface area contributed by atoms with Crippen LogP contribution in [0.3, 0.4) is 0 Å². The molecule has 41 heavy (non-hydrogen) atoms. The van der Waals surface area contributed by atoms with Crippen LogP contribution in [-0.4, -0.2) is 57.5 Å². The first kappa shape index (κ1) is 30.1. The molecule has 0 radical (unpaired) electrons. The second-order valence-electron chi connectivity index (χ2n) is 10.9. The zero-order valence-electron chi connectivity index (χ0n) is 24.0. The highest BCUT2D eigenvalue weighted by Crippen LogP contribution is 2.40. The monoisotopic (exact) mass is 579 g/mol. The Morgan fingerprint density at radius 1 is 1.05 bits per heavy atom. The number of ether oxygens (including phenoxy) is 2. The van der Waals surface area contributed by atoms with E-state index < -0.39 is 22.2 Å². The second kappa shape index (κ2) is 12.3. The van der Waals surface area contributed by atoms with Crippen molar-refractivity contribution in [2.24, 2.45) is 0 Å². The number of nitrogens with one attached hydrogen (secondary N) is 2. The van der Waals surface area contributed by atoms with Crippen molar-refractivity contribution in [3.05, 3.63) is 78.4 Å². The van der Waals surface area contributed by atoms with Gasteiger partial charge in [-0.2, -0.15) is 0 Å². The fourth-order valence-electron chi connectivity index (χ4n) is 4.45. The minimum Gasteiger partial charge on any atom is -0.393 e. The Hall–Kier alpha value is -3.86. The molecule has 0 saturated heterocycles. The van der Waals surface area contributed by atoms with Gasteiger partial charge in [0.2, 0.25) is 5.88 Å². The zero-order valence-corrected chi connectivity index (χ0v) is 24.8. The molecular weight excluding hydrogens is 542 g/mol. The highest BCUT2D eigenvalue weighted by atomic mass is 32.2. The number of H-pyrrole nitrogens is 1. The first-order valence-corrected chi connectivity index (χ1v) is 14.8. The van der Waals surface area contributed by atoms with E-state index in [0.29, 0.717) is 22.2 Å². The number of anilines is 1. The summed E-state index contributed by atoms with van der Waals surface area (Å²) in [6.45, 7) is 8.11. The predicted octanol–water partition coefficient (Wildman–Crippen LogP) is 5.44. The van der Waals surface area contributed by atoms with Crippen LogP contribution in [0, 0.1) is 0 Å². The Bertz CT molecular complexity index is 1590. The Kier molecular flexibility index (Phi) is 9.06. The van der Waals surface area contributed by atoms with E-state index in [1.807, 2.05) is 42.5 Å². The predicted molar refractivity (Wildman–Crippen MR) is 161 cm³/mol. The van der Waals surface area contributed by atoms with Gasteiger partial charge in [-0.05, 0) is 53.8 Å². The van der Waals surface area contributed by atoms with Gasteiger partial charge in [0.15, 0.2) is 0 Å². The van der Waals surface area contributed by atoms with Crippen molar-refractivity contribution in [3.8, 4) is 17.0 Å². The Labute approximate surface area is 241 Å². The molecule has 0 aliphatic rings. The van der Waals surface area contributed by atoms with Crippen molar-refractivity contribution < 1.29 is 27.8 Å². The number of hydrogen-bond donors (Lipinski definition) is 3. The topological polar surface area (TPSA) is 121 Å². The molecule has 3 N–H and O–H groups in total. The Morgan fingerprint density at radius 2 is 1.73 bits per heavy atom. The first-order valence-electron chi connectivity index (χ1n) is 13.4. The lowest BCUT2D eigenvalue weighted by Gasteiger charge is -2.25. The maximum Gasteiger partial charge on any atom is 0.413 e. The molecule has 0 bridgehead atoms. The highest BCUT2D eigenvalue weighted by Gasteiger charge is 2.27. The van der Waals surface area contributed by atoms with E-state index in [1.165, 1.54) is 11.4 Å². The lowest BCUT2D eigenvalue weighted by molar-refractivity contribution is 0.171. The molecular formula is C31H37N3O6S. The van der Waals surface area contributed by atoms with Crippen molar-refractivity contribution >= 4 is 32.7 Å². The number of sulfonamides is 1. The number of methoxy groups -OCH3 is 1. The van der Waals surface area contributed by atoms with Crippen LogP contribution in [0.15, 0.2) is 77.7 Å². The van der Waals surface area contributed by atoms with Gasteiger partial charge in [-0.25, -0.2) is 13.2 Å². The second-order valence-corrected chi connectivity index (χ2v) is 12.8. The molecule has 4 aromatic rings. The molecule has 1 heterocycles. The summed E-state index contributed by atoms with van der Waals surface area (Å²) in [6.07, 6.45) is -1.45. The molecule has 1 unspecified atom stereocenters. The molecule has 1 amide bonds. The van der Waals surface area contributed by atoms with Crippen LogP contribution < -0.4 is 14.4 Å². The summed E-state index contributed by atoms with van der Waals surface area (Å²) in [5, 5.41) is 12.7. The van der Waals surface area contributed by atoms with Gasteiger partial charge in [0.25, 0.3) is 10.0 Å². The molecule has 10 heteroatoms. The van der Waals surface area contributed by atoms with Crippen LogP contribution in [0.25, 0.3) is 22.0 Å². The summed E-state index contributed by atoms with van der Waals surface area (Å²) < 4.78 is 40.1. The molecule has 0 aliphatic heterocycles. The average Bonchev–Trinajstić information content (AvgIpc) is 3.29. The van der Waals surface area contributed by atoms with E-state index in [-0.39, 0.29) is 35.9 Å². The molecule has 9 nitrogen and oxygen atoms in total. The molecule has 1 aromatic heterocycles. The summed E-state index contributed by atoms with van der Waals surface area (Å²) >= 11 is 0. The third kappa shape index (κ3) is 6.90. The van der Waals surface area contributed by atoms with Gasteiger partial charge in [-0.3, -0.25) is 4.31 Å². The average molecular weight is 580 g/mol. The summed E-state index contributed by atoms with van der Waals surface area (Å²) in [4.78, 5) is 15.8. The third-order valence-electron chi connectivity index (χ3n) is 6.64. The number of aromatic amines is 1. The maximum absolute atomic E-state index is 13.9. The van der Waals surface area contributed by atoms with Gasteiger partial charge in [0, 0.05) is 24.6 Å². The van der Waals surface area contributed by atoms with E-state index in [4.69, 9.17) is 9.47 Å². The normalized spacial score (nSPS) is 12.7. The molecule has 4 rings (SSSR count). The summed E-state index contributed by atoms with van der Waals surface area (Å²) in [5.41, 5.74) is 3.40. The lowest BCUT2D eigenvalue weighted by atomic mass is 9.87. The molecule has 0 spiro atoms. The minimum atomic E-state index is -3.94. The number of rotatable bonds is 10. The van der Waals surface area contributed by atoms with Gasteiger partial charge < -0.3 is 24.9 Å². The van der Waals surface area contributed by atoms with E-state index in [9.17, 15) is 18.3 Å². The Balaban J connectivity index is 1.80. The number of fused-ring (bicyclic) bond motifs is 1. The standard InChI is InChI=1S/C31H37N3O6S/c1-21(35)20-32-30(36)40-29-28(22-9-7-6-8-10-22)26-19-24(13-16-27(26)33-29)34(17-18-39-5)41(37,38)25-14-11-23(12-15-25)31(2,3)4/h6-16,19,21,33,35H,17-18,20H2,1-5H3,(H,32,36). The fourth-order valence-corrected chi connectivity index (χ4v) is 5.90. The van der Waals surface area contributed by atoms with Crippen molar-refractivity contribution in [2.45, 2.75) is 44.1 Å². The number of hydrogen-bond acceptors (Lipinski definition) is 6. The third-order valence-corrected chi connectivity index (χ3v) is 8.48. The van der Waals surface area contributed by atoms with E-state index in [1.54, 1.807) is 37.3 Å². The Morgan fingerprint density at radius 3 is 2.34 bits per heavy atom. The number of carbonyl (C=O) groups is 1. The van der Waals surface area contributed by atoms with E-state index >= 15 is 0 Å². The SMILES string of the molecule is COCCN(c1ccc2[nH]c(OC(=O)NCC(C)O)c(-c3ccccc3)c2c1)S(=O)(=O)c1ccc(C(C)(C)C)cc1. The molecule has 218 valence electrons. The van der Waals surface area contributed by atoms with Crippen LogP contribution >= 0.6 is 0 Å². The van der Waals surface area contributed by atoms with E-state index in [0.717, 1.165) is 11.1 Å². The van der Waals surface area contributed by atoms with Crippen LogP contribution in [-0.2, 0) is 20.2 Å². The first-order chi connectivity index (χ1) is 19.4. The number of benzene rings is 3. The zero-order chi connectivity index (χ0) is 29.8. The molecule has 1 atom stereocenters. The fraction of sp³-hybridized carbons (Fsp3) is 0.323. The molecule has 0 fully saturated rings. The van der Waals surface area contributed by atoms with Crippen molar-refractivity contribution in [1.82, 2.24) is 10.3 Å². The highest BCUT2D eigenvalue weighted by molar-refractivity contribution is 7.92. The van der Waals surface area contributed by atoms with Crippen LogP contribution in [0.2, 0.25) is 0 Å². The summed E-state index contributed by atoms with van der Waals surface area (Å²) in [5.74, 6) is 0.204. The van der Waals surface area contributed by atoms with Crippen molar-refractivity contribution in [1.29, 1.82) is 0 Å². The molecule has 3 aromatic carbocycles. The van der Waals surface area contributed by atoms with Crippen LogP contribution in [0.4, 0.5) is 10.5 Å². The minimum absolute atomic E-state index is 0.0347. The number of aliphatic hydroxyl groups excluding tert-OH is 1. The van der Waals surface area contributed by atoms with Gasteiger partial charge in [-0.1, -0.05) is 63.2 Å². The van der Waals surface area contributed by atoms with Gasteiger partial charge in [0.05, 0.1) is 35.4 Å². The van der Waals surface area contributed by atoms with Gasteiger partial charge in [-0.15, -0.1) is 0 Å². The van der Waals surface area contributed by atoms with E-state index in [2.05, 4.69) is 31.1 Å².